The van der Waals surface area contributed by atoms with Crippen LogP contribution in [0.4, 0.5) is 5.82 Å². The minimum Gasteiger partial charge on any atom is -0.379 e. The molecule has 1 aromatic rings. The lowest BCUT2D eigenvalue weighted by atomic mass is 10.3. The van der Waals surface area contributed by atoms with Gasteiger partial charge >= 0.3 is 11.8 Å². The van der Waals surface area contributed by atoms with Crippen LogP contribution in [0.1, 0.15) is 12.0 Å². The number of anilines is 1. The number of carbonyl (C=O) groups is 2. The van der Waals surface area contributed by atoms with Gasteiger partial charge in [-0.05, 0) is 31.5 Å². The Balaban J connectivity index is 1.66. The van der Waals surface area contributed by atoms with Gasteiger partial charge in [-0.2, -0.15) is 0 Å². The van der Waals surface area contributed by atoms with E-state index in [4.69, 9.17) is 4.74 Å². The first-order valence-electron chi connectivity index (χ1n) is 7.47. The Labute approximate surface area is 130 Å². The Morgan fingerprint density at radius 2 is 2.09 bits per heavy atom. The van der Waals surface area contributed by atoms with E-state index >= 15 is 0 Å². The third kappa shape index (κ3) is 5.09. The number of hydrogen-bond donors (Lipinski definition) is 2. The Kier molecular flexibility index (Phi) is 6.29. The molecule has 7 heteroatoms. The fourth-order valence-electron chi connectivity index (χ4n) is 2.19. The van der Waals surface area contributed by atoms with Crippen molar-refractivity contribution < 1.29 is 14.3 Å². The van der Waals surface area contributed by atoms with Crippen LogP contribution in [-0.2, 0) is 14.3 Å². The first-order valence-corrected chi connectivity index (χ1v) is 7.47. The Morgan fingerprint density at radius 1 is 1.32 bits per heavy atom. The molecule has 2 rings (SSSR count). The smallest absolute Gasteiger partial charge is 0.314 e. The van der Waals surface area contributed by atoms with Crippen LogP contribution < -0.4 is 10.6 Å². The molecule has 0 radical (unpaired) electrons. The first kappa shape index (κ1) is 16.4. The number of carbonyl (C=O) groups excluding carboxylic acids is 2. The summed E-state index contributed by atoms with van der Waals surface area (Å²) in [6.45, 7) is 6.56. The summed E-state index contributed by atoms with van der Waals surface area (Å²) >= 11 is 0. The summed E-state index contributed by atoms with van der Waals surface area (Å²) in [5.41, 5.74) is 0.816. The van der Waals surface area contributed by atoms with Gasteiger partial charge < -0.3 is 15.4 Å². The highest BCUT2D eigenvalue weighted by Gasteiger charge is 2.15. The highest BCUT2D eigenvalue weighted by Crippen LogP contribution is 2.08. The van der Waals surface area contributed by atoms with Gasteiger partial charge in [0.15, 0.2) is 0 Å². The quantitative estimate of drug-likeness (QED) is 0.598. The summed E-state index contributed by atoms with van der Waals surface area (Å²) in [6, 6.07) is 3.60. The Hall–Kier alpha value is -1.99. The maximum Gasteiger partial charge on any atom is 0.314 e. The summed E-state index contributed by atoms with van der Waals surface area (Å²) < 4.78 is 5.27. The number of aromatic nitrogens is 1. The molecule has 2 N–H and O–H groups in total. The van der Waals surface area contributed by atoms with Crippen LogP contribution in [0.5, 0.6) is 0 Å². The zero-order chi connectivity index (χ0) is 15.8. The molecule has 0 unspecified atom stereocenters. The third-order valence-corrected chi connectivity index (χ3v) is 3.49. The molecule has 1 aromatic heterocycles. The third-order valence-electron chi connectivity index (χ3n) is 3.49. The summed E-state index contributed by atoms with van der Waals surface area (Å²) in [7, 11) is 0. The second kappa shape index (κ2) is 8.45. The fourth-order valence-corrected chi connectivity index (χ4v) is 2.19. The maximum absolute atomic E-state index is 11.8. The van der Waals surface area contributed by atoms with Gasteiger partial charge in [-0.25, -0.2) is 4.98 Å². The molecule has 2 amide bonds. The number of nitrogens with one attached hydrogen (secondary N) is 2. The van der Waals surface area contributed by atoms with Crippen LogP contribution in [0.15, 0.2) is 18.3 Å². The molecule has 0 atom stereocenters. The minimum atomic E-state index is -0.687. The monoisotopic (exact) mass is 306 g/mol. The molecular weight excluding hydrogens is 284 g/mol. The number of rotatable bonds is 5. The van der Waals surface area contributed by atoms with Crippen molar-refractivity contribution in [1.29, 1.82) is 0 Å². The maximum atomic E-state index is 11.8. The standard InChI is InChI=1S/C15H22N4O3/c1-12-4-2-5-16-13(12)18-15(21)14(20)17-6-3-7-19-8-10-22-11-9-19/h2,4-5H,3,6-11H2,1H3,(H,17,20)(H,16,18,21). The molecule has 22 heavy (non-hydrogen) atoms. The van der Waals surface area contributed by atoms with Crippen LogP contribution in [-0.4, -0.2) is 61.1 Å². The zero-order valence-corrected chi connectivity index (χ0v) is 12.8. The van der Waals surface area contributed by atoms with Crippen molar-refractivity contribution in [2.45, 2.75) is 13.3 Å². The average Bonchev–Trinajstić information content (AvgIpc) is 2.54. The molecule has 7 nitrogen and oxygen atoms in total. The van der Waals surface area contributed by atoms with E-state index in [1.807, 2.05) is 13.0 Å². The number of aryl methyl sites for hydroxylation is 1. The predicted octanol–water partition coefficient (Wildman–Crippen LogP) is 0.167. The van der Waals surface area contributed by atoms with Crippen LogP contribution in [0.25, 0.3) is 0 Å². The summed E-state index contributed by atoms with van der Waals surface area (Å²) in [6.07, 6.45) is 2.38. The number of amides is 2. The van der Waals surface area contributed by atoms with E-state index in [-0.39, 0.29) is 0 Å². The van der Waals surface area contributed by atoms with Gasteiger partial charge in [-0.3, -0.25) is 14.5 Å². The number of ether oxygens (including phenoxy) is 1. The molecule has 0 aliphatic carbocycles. The Morgan fingerprint density at radius 3 is 2.82 bits per heavy atom. The van der Waals surface area contributed by atoms with Gasteiger partial charge in [-0.15, -0.1) is 0 Å². The molecule has 0 saturated carbocycles. The minimum absolute atomic E-state index is 0.413. The molecule has 1 aliphatic rings. The van der Waals surface area contributed by atoms with E-state index in [0.29, 0.717) is 12.4 Å². The molecule has 120 valence electrons. The highest BCUT2D eigenvalue weighted by atomic mass is 16.5. The van der Waals surface area contributed by atoms with Crippen LogP contribution >= 0.6 is 0 Å². The normalized spacial score (nSPS) is 15.3. The number of morpholine rings is 1. The van der Waals surface area contributed by atoms with Gasteiger partial charge in [0.2, 0.25) is 0 Å². The van der Waals surface area contributed by atoms with Crippen LogP contribution in [0.3, 0.4) is 0 Å². The highest BCUT2D eigenvalue weighted by molar-refractivity contribution is 6.39. The topological polar surface area (TPSA) is 83.6 Å². The molecule has 0 spiro atoms. The average molecular weight is 306 g/mol. The van der Waals surface area contributed by atoms with Gasteiger partial charge in [0.1, 0.15) is 5.82 Å². The number of hydrogen-bond acceptors (Lipinski definition) is 5. The number of nitrogens with zero attached hydrogens (tertiary/aromatic N) is 2. The summed E-state index contributed by atoms with van der Waals surface area (Å²) in [4.78, 5) is 29.8. The zero-order valence-electron chi connectivity index (χ0n) is 12.8. The van der Waals surface area contributed by atoms with E-state index in [1.54, 1.807) is 12.3 Å². The summed E-state index contributed by atoms with van der Waals surface area (Å²) in [5, 5.41) is 5.14. The van der Waals surface area contributed by atoms with E-state index in [9.17, 15) is 9.59 Å². The molecule has 1 aliphatic heterocycles. The van der Waals surface area contributed by atoms with Crippen molar-refractivity contribution in [2.24, 2.45) is 0 Å². The fraction of sp³-hybridized carbons (Fsp3) is 0.533. The summed E-state index contributed by atoms with van der Waals surface area (Å²) in [5.74, 6) is -0.906. The van der Waals surface area contributed by atoms with Gasteiger partial charge in [0.25, 0.3) is 0 Å². The Bertz CT molecular complexity index is 515. The van der Waals surface area contributed by atoms with E-state index < -0.39 is 11.8 Å². The van der Waals surface area contributed by atoms with Crippen molar-refractivity contribution in [3.63, 3.8) is 0 Å². The lowest BCUT2D eigenvalue weighted by Gasteiger charge is -2.26. The molecule has 0 bridgehead atoms. The molecule has 0 aromatic carbocycles. The second-order valence-corrected chi connectivity index (χ2v) is 5.19. The van der Waals surface area contributed by atoms with E-state index in [2.05, 4.69) is 20.5 Å². The largest absolute Gasteiger partial charge is 0.379 e. The molecule has 1 fully saturated rings. The van der Waals surface area contributed by atoms with Gasteiger partial charge in [0.05, 0.1) is 13.2 Å². The van der Waals surface area contributed by atoms with Crippen molar-refractivity contribution in [3.8, 4) is 0 Å². The second-order valence-electron chi connectivity index (χ2n) is 5.19. The van der Waals surface area contributed by atoms with Crippen molar-refractivity contribution in [2.75, 3.05) is 44.7 Å². The SMILES string of the molecule is Cc1cccnc1NC(=O)C(=O)NCCCN1CCOCC1. The lowest BCUT2D eigenvalue weighted by molar-refractivity contribution is -0.136. The van der Waals surface area contributed by atoms with Gasteiger partial charge in [-0.1, -0.05) is 6.07 Å². The van der Waals surface area contributed by atoms with Gasteiger partial charge in [0, 0.05) is 25.8 Å². The molecule has 1 saturated heterocycles. The molecular formula is C15H22N4O3. The van der Waals surface area contributed by atoms with Crippen LogP contribution in [0.2, 0.25) is 0 Å². The van der Waals surface area contributed by atoms with E-state index in [1.165, 1.54) is 0 Å². The van der Waals surface area contributed by atoms with E-state index in [0.717, 1.165) is 44.8 Å². The molecule has 2 heterocycles. The predicted molar refractivity (Wildman–Crippen MR) is 82.5 cm³/mol. The van der Waals surface area contributed by atoms with Crippen molar-refractivity contribution in [3.05, 3.63) is 23.9 Å². The lowest BCUT2D eigenvalue weighted by Crippen LogP contribution is -2.40. The van der Waals surface area contributed by atoms with Crippen LogP contribution in [0, 0.1) is 6.92 Å². The first-order chi connectivity index (χ1) is 10.7. The van der Waals surface area contributed by atoms with Crippen molar-refractivity contribution in [1.82, 2.24) is 15.2 Å². The van der Waals surface area contributed by atoms with Crippen molar-refractivity contribution >= 4 is 17.6 Å². The number of pyridine rings is 1.